The Morgan fingerprint density at radius 2 is 1.38 bits per heavy atom. The van der Waals surface area contributed by atoms with E-state index < -0.39 is 29.7 Å². The van der Waals surface area contributed by atoms with Crippen molar-refractivity contribution in [2.75, 3.05) is 0 Å². The van der Waals surface area contributed by atoms with Gasteiger partial charge in [0.25, 0.3) is 0 Å². The van der Waals surface area contributed by atoms with Crippen molar-refractivity contribution in [3.63, 3.8) is 0 Å². The molecule has 16 heavy (non-hydrogen) atoms. The predicted octanol–water partition coefficient (Wildman–Crippen LogP) is 0.350. The SMILES string of the molecule is CC(C)C(=O)C(=O)O.CC(C)[C@@H](N)C(=O)O. The molecule has 0 spiro atoms. The molecule has 6 heteroatoms. The molecule has 0 aliphatic heterocycles. The molecule has 0 fully saturated rings. The van der Waals surface area contributed by atoms with Crippen LogP contribution in [0.15, 0.2) is 0 Å². The van der Waals surface area contributed by atoms with Crippen molar-refractivity contribution < 1.29 is 24.6 Å². The number of hydrogen-bond acceptors (Lipinski definition) is 4. The number of aliphatic carboxylic acids is 2. The molecule has 0 aromatic rings. The van der Waals surface area contributed by atoms with Gasteiger partial charge in [0.2, 0.25) is 5.78 Å². The molecular formula is C10H19NO5. The molecule has 0 bridgehead atoms. The number of ketones is 1. The van der Waals surface area contributed by atoms with Gasteiger partial charge in [-0.1, -0.05) is 27.7 Å². The fourth-order valence-corrected chi connectivity index (χ4v) is 0.532. The summed E-state index contributed by atoms with van der Waals surface area (Å²) in [6.07, 6.45) is 0. The molecule has 0 heterocycles. The van der Waals surface area contributed by atoms with Gasteiger partial charge in [0.1, 0.15) is 6.04 Å². The van der Waals surface area contributed by atoms with Gasteiger partial charge in [-0.25, -0.2) is 4.79 Å². The molecule has 94 valence electrons. The van der Waals surface area contributed by atoms with Gasteiger partial charge in [0, 0.05) is 5.92 Å². The second kappa shape index (κ2) is 7.81. The van der Waals surface area contributed by atoms with Gasteiger partial charge < -0.3 is 15.9 Å². The highest BCUT2D eigenvalue weighted by atomic mass is 16.4. The first-order valence-electron chi connectivity index (χ1n) is 4.86. The number of carbonyl (C=O) groups is 3. The average molecular weight is 233 g/mol. The lowest BCUT2D eigenvalue weighted by molar-refractivity contribution is -0.150. The second-order valence-corrected chi connectivity index (χ2v) is 3.93. The lowest BCUT2D eigenvalue weighted by Gasteiger charge is -2.07. The largest absolute Gasteiger partial charge is 0.480 e. The molecule has 0 aromatic heterocycles. The number of nitrogens with two attached hydrogens (primary N) is 1. The molecule has 0 saturated heterocycles. The van der Waals surface area contributed by atoms with Gasteiger partial charge >= 0.3 is 11.9 Å². The lowest BCUT2D eigenvalue weighted by atomic mass is 10.1. The smallest absolute Gasteiger partial charge is 0.372 e. The van der Waals surface area contributed by atoms with Crippen molar-refractivity contribution in [2.45, 2.75) is 33.7 Å². The highest BCUT2D eigenvalue weighted by Gasteiger charge is 2.14. The predicted molar refractivity (Wildman–Crippen MR) is 57.9 cm³/mol. The minimum atomic E-state index is -1.35. The summed E-state index contributed by atoms with van der Waals surface area (Å²) < 4.78 is 0. The van der Waals surface area contributed by atoms with E-state index in [9.17, 15) is 14.4 Å². The summed E-state index contributed by atoms with van der Waals surface area (Å²) in [5, 5.41) is 16.2. The van der Waals surface area contributed by atoms with Gasteiger partial charge in [-0.15, -0.1) is 0 Å². The molecule has 4 N–H and O–H groups in total. The van der Waals surface area contributed by atoms with Crippen molar-refractivity contribution in [3.8, 4) is 0 Å². The quantitative estimate of drug-likeness (QED) is 0.603. The zero-order chi connectivity index (χ0) is 13.5. The van der Waals surface area contributed by atoms with Crippen molar-refractivity contribution >= 4 is 17.7 Å². The highest BCUT2D eigenvalue weighted by Crippen LogP contribution is 1.96. The van der Waals surface area contributed by atoms with E-state index in [1.807, 2.05) is 0 Å². The molecule has 0 amide bonds. The Labute approximate surface area is 94.4 Å². The summed E-state index contributed by atoms with van der Waals surface area (Å²) in [7, 11) is 0. The number of carboxylic acid groups (broad SMARTS) is 2. The van der Waals surface area contributed by atoms with Crippen LogP contribution in [-0.4, -0.2) is 34.0 Å². The number of rotatable bonds is 4. The van der Waals surface area contributed by atoms with E-state index in [0.717, 1.165) is 0 Å². The fourth-order valence-electron chi connectivity index (χ4n) is 0.532. The van der Waals surface area contributed by atoms with E-state index in [1.165, 1.54) is 0 Å². The summed E-state index contributed by atoms with van der Waals surface area (Å²) in [4.78, 5) is 30.0. The van der Waals surface area contributed by atoms with Crippen LogP contribution >= 0.6 is 0 Å². The van der Waals surface area contributed by atoms with E-state index in [0.29, 0.717) is 0 Å². The minimum Gasteiger partial charge on any atom is -0.480 e. The third-order valence-corrected chi connectivity index (χ3v) is 1.74. The third kappa shape index (κ3) is 7.93. The van der Waals surface area contributed by atoms with E-state index in [4.69, 9.17) is 15.9 Å². The number of Topliss-reactive ketones (excluding diaryl/α,β-unsaturated/α-hetero) is 1. The minimum absolute atomic E-state index is 0.0208. The maximum Gasteiger partial charge on any atom is 0.372 e. The number of hydrogen-bond donors (Lipinski definition) is 3. The van der Waals surface area contributed by atoms with Gasteiger partial charge in [-0.3, -0.25) is 9.59 Å². The lowest BCUT2D eigenvalue weighted by Crippen LogP contribution is -2.34. The summed E-state index contributed by atoms with van der Waals surface area (Å²) in [6, 6.07) is -0.713. The maximum absolute atomic E-state index is 10.2. The van der Waals surface area contributed by atoms with Crippen LogP contribution in [0.5, 0.6) is 0 Å². The van der Waals surface area contributed by atoms with Crippen LogP contribution in [0.1, 0.15) is 27.7 Å². The zero-order valence-corrected chi connectivity index (χ0v) is 9.93. The van der Waals surface area contributed by atoms with E-state index in [-0.39, 0.29) is 5.92 Å². The summed E-state index contributed by atoms with van der Waals surface area (Å²) in [5.41, 5.74) is 5.16. The number of carbonyl (C=O) groups excluding carboxylic acids is 1. The normalized spacial score (nSPS) is 11.7. The van der Waals surface area contributed by atoms with E-state index in [1.54, 1.807) is 27.7 Å². The maximum atomic E-state index is 10.2. The Kier molecular flexibility index (Phi) is 8.29. The van der Waals surface area contributed by atoms with Crippen LogP contribution in [0.3, 0.4) is 0 Å². The Morgan fingerprint density at radius 3 is 1.38 bits per heavy atom. The van der Waals surface area contributed by atoms with Gasteiger partial charge in [0.15, 0.2) is 0 Å². The summed E-state index contributed by atoms with van der Waals surface area (Å²) in [6.45, 7) is 6.66. The van der Waals surface area contributed by atoms with Crippen LogP contribution in [0.4, 0.5) is 0 Å². The summed E-state index contributed by atoms with van der Waals surface area (Å²) >= 11 is 0. The van der Waals surface area contributed by atoms with Gasteiger partial charge in [-0.05, 0) is 5.92 Å². The monoisotopic (exact) mass is 233 g/mol. The first-order chi connectivity index (χ1) is 7.11. The van der Waals surface area contributed by atoms with E-state index >= 15 is 0 Å². The third-order valence-electron chi connectivity index (χ3n) is 1.74. The van der Waals surface area contributed by atoms with Crippen molar-refractivity contribution in [1.29, 1.82) is 0 Å². The fraction of sp³-hybridized carbons (Fsp3) is 0.700. The van der Waals surface area contributed by atoms with Crippen LogP contribution in [0.25, 0.3) is 0 Å². The molecule has 0 unspecified atom stereocenters. The molecule has 0 aliphatic carbocycles. The molecule has 0 aromatic carbocycles. The Hall–Kier alpha value is -1.43. The molecule has 0 aliphatic rings. The average Bonchev–Trinajstić information content (AvgIpc) is 2.15. The van der Waals surface area contributed by atoms with Crippen LogP contribution in [0, 0.1) is 11.8 Å². The molecule has 0 radical (unpaired) electrons. The molecule has 1 atom stereocenters. The Morgan fingerprint density at radius 1 is 1.00 bits per heavy atom. The Balaban J connectivity index is 0. The second-order valence-electron chi connectivity index (χ2n) is 3.93. The van der Waals surface area contributed by atoms with Crippen LogP contribution < -0.4 is 5.73 Å². The van der Waals surface area contributed by atoms with Crippen molar-refractivity contribution in [2.24, 2.45) is 17.6 Å². The van der Waals surface area contributed by atoms with Crippen LogP contribution in [-0.2, 0) is 14.4 Å². The first kappa shape index (κ1) is 17.0. The van der Waals surface area contributed by atoms with Crippen LogP contribution in [0.2, 0.25) is 0 Å². The van der Waals surface area contributed by atoms with Gasteiger partial charge in [-0.2, -0.15) is 0 Å². The van der Waals surface area contributed by atoms with E-state index in [2.05, 4.69) is 0 Å². The first-order valence-corrected chi connectivity index (χ1v) is 4.86. The zero-order valence-electron chi connectivity index (χ0n) is 9.93. The van der Waals surface area contributed by atoms with Gasteiger partial charge in [0.05, 0.1) is 0 Å². The Bertz CT molecular complexity index is 260. The molecule has 6 nitrogen and oxygen atoms in total. The molecule has 0 saturated carbocycles. The topological polar surface area (TPSA) is 118 Å². The number of carboxylic acids is 2. The van der Waals surface area contributed by atoms with Crippen molar-refractivity contribution in [1.82, 2.24) is 0 Å². The highest BCUT2D eigenvalue weighted by molar-refractivity contribution is 6.33. The molecule has 0 rings (SSSR count). The van der Waals surface area contributed by atoms with Crippen molar-refractivity contribution in [3.05, 3.63) is 0 Å². The molecular weight excluding hydrogens is 214 g/mol. The standard InChI is InChI=1S/C5H11NO2.C5H8O3/c2*1-3(2)4(6)5(7)8/h3-4H,6H2,1-2H3,(H,7,8);3H,1-2H3,(H,7,8)/t4-;/m1./s1. The summed E-state index contributed by atoms with van der Waals surface area (Å²) in [5.74, 6) is -3.38.